The van der Waals surface area contributed by atoms with Crippen molar-refractivity contribution in [3.8, 4) is 0 Å². The van der Waals surface area contributed by atoms with Gasteiger partial charge in [-0.05, 0) is 97.3 Å². The van der Waals surface area contributed by atoms with Gasteiger partial charge in [0.05, 0.1) is 13.0 Å². The summed E-state index contributed by atoms with van der Waals surface area (Å²) in [6.07, 6.45) is 14.7. The molecule has 0 heterocycles. The molecule has 0 atom stereocenters. The van der Waals surface area contributed by atoms with Crippen molar-refractivity contribution in [2.75, 3.05) is 0 Å². The number of hydrogen-bond acceptors (Lipinski definition) is 1. The van der Waals surface area contributed by atoms with Crippen molar-refractivity contribution in [1.29, 1.82) is 0 Å². The molecule has 0 amide bonds. The molecule has 2 aliphatic rings. The predicted molar refractivity (Wildman–Crippen MR) is 155 cm³/mol. The first kappa shape index (κ1) is 29.2. The molecule has 0 radical (unpaired) electrons. The summed E-state index contributed by atoms with van der Waals surface area (Å²) < 4.78 is 34.4. The summed E-state index contributed by atoms with van der Waals surface area (Å²) in [5.74, 6) is 2.97. The van der Waals surface area contributed by atoms with E-state index >= 15 is 0 Å². The van der Waals surface area contributed by atoms with E-state index in [2.05, 4.69) is 38.1 Å². The van der Waals surface area contributed by atoms with Gasteiger partial charge in [-0.15, -0.1) is 0 Å². The molecule has 2 saturated carbocycles. The Labute approximate surface area is 230 Å². The van der Waals surface area contributed by atoms with E-state index < -0.39 is 6.11 Å². The monoisotopic (exact) mass is 524 g/mol. The lowest BCUT2D eigenvalue weighted by Crippen LogP contribution is -2.23. The Morgan fingerprint density at radius 1 is 0.632 bits per heavy atom. The Bertz CT molecular complexity index is 919. The molecule has 2 fully saturated rings. The Morgan fingerprint density at radius 3 is 1.63 bits per heavy atom. The third-order valence-corrected chi connectivity index (χ3v) is 9.37. The second-order valence-corrected chi connectivity index (χ2v) is 12.3. The fourth-order valence-electron chi connectivity index (χ4n) is 6.93. The standard InChI is InChI=1S/C35H50F2O/c1-3-5-6-8-28-11-19-32(20-12-28)34-23-15-30(16-24-34)26-38-35(36,37)25-29-13-21-33(22-14-29)31-17-9-27(7-4-2)10-18-31/h13-16,21-24,27-28,31-32H,3-12,17-20,25-26H2,1-2H3. The van der Waals surface area contributed by atoms with Crippen LogP contribution in [-0.4, -0.2) is 6.11 Å². The topological polar surface area (TPSA) is 9.23 Å². The smallest absolute Gasteiger partial charge is 0.315 e. The van der Waals surface area contributed by atoms with Crippen LogP contribution < -0.4 is 0 Å². The van der Waals surface area contributed by atoms with Crippen molar-refractivity contribution in [3.63, 3.8) is 0 Å². The highest BCUT2D eigenvalue weighted by molar-refractivity contribution is 5.27. The maximum absolute atomic E-state index is 14.7. The molecule has 0 spiro atoms. The largest absolute Gasteiger partial charge is 0.360 e. The first-order chi connectivity index (χ1) is 18.5. The first-order valence-electron chi connectivity index (χ1n) is 15.6. The number of ether oxygens (including phenoxy) is 1. The third-order valence-electron chi connectivity index (χ3n) is 9.37. The van der Waals surface area contributed by atoms with Gasteiger partial charge in [-0.2, -0.15) is 8.78 Å². The number of halogens is 2. The van der Waals surface area contributed by atoms with Crippen LogP contribution in [0.5, 0.6) is 0 Å². The Balaban J connectivity index is 1.20. The molecule has 3 heteroatoms. The zero-order chi connectivity index (χ0) is 26.8. The van der Waals surface area contributed by atoms with Gasteiger partial charge in [-0.3, -0.25) is 0 Å². The maximum Gasteiger partial charge on any atom is 0.360 e. The van der Waals surface area contributed by atoms with Crippen LogP contribution in [0, 0.1) is 11.8 Å². The second-order valence-electron chi connectivity index (χ2n) is 12.3. The number of hydrogen-bond donors (Lipinski definition) is 0. The van der Waals surface area contributed by atoms with Crippen molar-refractivity contribution in [3.05, 3.63) is 70.8 Å². The summed E-state index contributed by atoms with van der Waals surface area (Å²) in [5.41, 5.74) is 4.11. The Morgan fingerprint density at radius 2 is 1.13 bits per heavy atom. The minimum atomic E-state index is -3.17. The summed E-state index contributed by atoms with van der Waals surface area (Å²) in [6, 6.07) is 16.1. The van der Waals surface area contributed by atoms with Crippen LogP contribution in [0.3, 0.4) is 0 Å². The minimum Gasteiger partial charge on any atom is -0.315 e. The van der Waals surface area contributed by atoms with Crippen LogP contribution in [0.4, 0.5) is 8.78 Å². The van der Waals surface area contributed by atoms with E-state index in [-0.39, 0.29) is 13.0 Å². The van der Waals surface area contributed by atoms with Crippen LogP contribution in [-0.2, 0) is 17.8 Å². The van der Waals surface area contributed by atoms with Crippen LogP contribution in [0.25, 0.3) is 0 Å². The van der Waals surface area contributed by atoms with Crippen LogP contribution in [0.15, 0.2) is 48.5 Å². The summed E-state index contributed by atoms with van der Waals surface area (Å²) >= 11 is 0. The molecule has 38 heavy (non-hydrogen) atoms. The fourth-order valence-corrected chi connectivity index (χ4v) is 6.93. The lowest BCUT2D eigenvalue weighted by atomic mass is 9.77. The second kappa shape index (κ2) is 14.6. The van der Waals surface area contributed by atoms with E-state index in [0.717, 1.165) is 17.4 Å². The zero-order valence-corrected chi connectivity index (χ0v) is 23.9. The highest BCUT2D eigenvalue weighted by Crippen LogP contribution is 2.39. The van der Waals surface area contributed by atoms with Gasteiger partial charge in [0.2, 0.25) is 0 Å². The van der Waals surface area contributed by atoms with Gasteiger partial charge < -0.3 is 4.74 Å². The molecule has 0 aromatic heterocycles. The maximum atomic E-state index is 14.7. The van der Waals surface area contributed by atoms with Crippen molar-refractivity contribution in [1.82, 2.24) is 0 Å². The zero-order valence-electron chi connectivity index (χ0n) is 23.9. The average molecular weight is 525 g/mol. The van der Waals surface area contributed by atoms with Crippen molar-refractivity contribution >= 4 is 0 Å². The summed E-state index contributed by atoms with van der Waals surface area (Å²) in [6.45, 7) is 4.47. The van der Waals surface area contributed by atoms with Gasteiger partial charge in [-0.1, -0.05) is 101 Å². The SMILES string of the molecule is CCCCCC1CCC(c2ccc(COC(F)(F)Cc3ccc(C4CCC(CCC)CC4)cc3)cc2)CC1. The molecule has 0 N–H and O–H groups in total. The van der Waals surface area contributed by atoms with Crippen molar-refractivity contribution in [2.45, 2.75) is 135 Å². The van der Waals surface area contributed by atoms with E-state index in [9.17, 15) is 8.78 Å². The number of benzene rings is 2. The fraction of sp³-hybridized carbons (Fsp3) is 0.657. The molecule has 2 aliphatic carbocycles. The molecular weight excluding hydrogens is 474 g/mol. The summed E-state index contributed by atoms with van der Waals surface area (Å²) in [7, 11) is 0. The van der Waals surface area contributed by atoms with Gasteiger partial charge in [0.25, 0.3) is 0 Å². The summed E-state index contributed by atoms with van der Waals surface area (Å²) in [4.78, 5) is 0. The van der Waals surface area contributed by atoms with Gasteiger partial charge in [0.15, 0.2) is 0 Å². The minimum absolute atomic E-state index is 0.0590. The molecule has 2 aromatic carbocycles. The number of rotatable bonds is 13. The quantitative estimate of drug-likeness (QED) is 0.237. The van der Waals surface area contributed by atoms with Gasteiger partial charge >= 0.3 is 6.11 Å². The van der Waals surface area contributed by atoms with E-state index in [1.54, 1.807) is 0 Å². The number of unbranched alkanes of at least 4 members (excludes halogenated alkanes) is 2. The molecule has 4 rings (SSSR count). The molecule has 0 aliphatic heterocycles. The molecule has 0 bridgehead atoms. The molecule has 210 valence electrons. The molecular formula is C35H50F2O. The lowest BCUT2D eigenvalue weighted by Gasteiger charge is -2.29. The van der Waals surface area contributed by atoms with Crippen molar-refractivity contribution in [2.24, 2.45) is 11.8 Å². The highest BCUT2D eigenvalue weighted by atomic mass is 19.3. The van der Waals surface area contributed by atoms with Crippen LogP contribution in [0.1, 0.15) is 138 Å². The predicted octanol–water partition coefficient (Wildman–Crippen LogP) is 11.0. The molecule has 1 nitrogen and oxygen atoms in total. The van der Waals surface area contributed by atoms with Crippen LogP contribution >= 0.6 is 0 Å². The summed E-state index contributed by atoms with van der Waals surface area (Å²) in [5, 5.41) is 0. The normalized spacial score (nSPS) is 24.4. The van der Waals surface area contributed by atoms with E-state index in [1.807, 2.05) is 24.3 Å². The first-order valence-corrected chi connectivity index (χ1v) is 15.6. The Kier molecular flexibility index (Phi) is 11.2. The van der Waals surface area contributed by atoms with Crippen LogP contribution in [0.2, 0.25) is 0 Å². The lowest BCUT2D eigenvalue weighted by molar-refractivity contribution is -0.244. The highest BCUT2D eigenvalue weighted by Gasteiger charge is 2.31. The van der Waals surface area contributed by atoms with Gasteiger partial charge in [0.1, 0.15) is 0 Å². The van der Waals surface area contributed by atoms with E-state index in [1.165, 1.54) is 101 Å². The number of alkyl halides is 2. The molecule has 2 aromatic rings. The van der Waals surface area contributed by atoms with Crippen molar-refractivity contribution < 1.29 is 13.5 Å². The van der Waals surface area contributed by atoms with Gasteiger partial charge in [0, 0.05) is 0 Å². The molecule has 0 unspecified atom stereocenters. The average Bonchev–Trinajstić information content (AvgIpc) is 2.94. The van der Waals surface area contributed by atoms with E-state index in [0.29, 0.717) is 17.4 Å². The van der Waals surface area contributed by atoms with E-state index in [4.69, 9.17) is 4.74 Å². The third kappa shape index (κ3) is 8.90. The Hall–Kier alpha value is -1.74. The van der Waals surface area contributed by atoms with Gasteiger partial charge in [-0.25, -0.2) is 0 Å². The molecule has 0 saturated heterocycles.